The van der Waals surface area contributed by atoms with E-state index < -0.39 is 5.41 Å². The van der Waals surface area contributed by atoms with E-state index in [0.717, 1.165) is 30.7 Å². The van der Waals surface area contributed by atoms with Crippen LogP contribution in [-0.2, 0) is 15.6 Å². The number of aromatic nitrogens is 3. The molecule has 29 heavy (non-hydrogen) atoms. The van der Waals surface area contributed by atoms with Crippen LogP contribution in [0.1, 0.15) is 50.1 Å². The van der Waals surface area contributed by atoms with Crippen molar-refractivity contribution in [3.63, 3.8) is 0 Å². The summed E-state index contributed by atoms with van der Waals surface area (Å²) < 4.78 is 2.02. The van der Waals surface area contributed by atoms with Gasteiger partial charge in [0.15, 0.2) is 5.65 Å². The van der Waals surface area contributed by atoms with Crippen molar-refractivity contribution in [3.8, 4) is 0 Å². The molecule has 1 fully saturated rings. The normalized spacial score (nSPS) is 15.9. The van der Waals surface area contributed by atoms with Crippen molar-refractivity contribution >= 4 is 23.2 Å². The van der Waals surface area contributed by atoms with Crippen LogP contribution >= 0.6 is 11.6 Å². The minimum absolute atomic E-state index is 0.0925. The molecule has 4 rings (SSSR count). The summed E-state index contributed by atoms with van der Waals surface area (Å²) in [4.78, 5) is 12.7. The maximum atomic E-state index is 12.7. The second-order valence-electron chi connectivity index (χ2n) is 8.19. The number of nitrogens with one attached hydrogen (secondary N) is 1. The van der Waals surface area contributed by atoms with E-state index in [1.807, 2.05) is 48.7 Å². The molecular formula is C22H25ClN4O2. The van der Waals surface area contributed by atoms with Gasteiger partial charge in [0, 0.05) is 23.3 Å². The van der Waals surface area contributed by atoms with Gasteiger partial charge in [-0.25, -0.2) is 0 Å². The van der Waals surface area contributed by atoms with Crippen LogP contribution < -0.4 is 5.32 Å². The van der Waals surface area contributed by atoms with Gasteiger partial charge < -0.3 is 10.4 Å². The van der Waals surface area contributed by atoms with Crippen molar-refractivity contribution in [1.82, 2.24) is 19.9 Å². The molecular weight excluding hydrogens is 388 g/mol. The zero-order valence-electron chi connectivity index (χ0n) is 16.7. The van der Waals surface area contributed by atoms with Gasteiger partial charge in [0.1, 0.15) is 5.82 Å². The first kappa shape index (κ1) is 19.9. The van der Waals surface area contributed by atoms with Crippen molar-refractivity contribution in [3.05, 3.63) is 64.6 Å². The predicted molar refractivity (Wildman–Crippen MR) is 112 cm³/mol. The fraction of sp³-hybridized carbons (Fsp3) is 0.409. The Labute approximate surface area is 174 Å². The molecule has 6 nitrogen and oxygen atoms in total. The lowest BCUT2D eigenvalue weighted by Gasteiger charge is -2.41. The van der Waals surface area contributed by atoms with E-state index in [9.17, 15) is 4.79 Å². The Balaban J connectivity index is 1.80. The molecule has 0 bridgehead atoms. The van der Waals surface area contributed by atoms with E-state index in [0.29, 0.717) is 10.7 Å². The number of halogens is 1. The van der Waals surface area contributed by atoms with Gasteiger partial charge >= 0.3 is 0 Å². The van der Waals surface area contributed by atoms with Crippen molar-refractivity contribution in [2.24, 2.45) is 0 Å². The molecule has 1 aromatic carbocycles. The first-order valence-electron chi connectivity index (χ1n) is 9.90. The number of nitrogens with zero attached hydrogens (tertiary/aromatic N) is 3. The molecule has 0 spiro atoms. The number of benzene rings is 1. The van der Waals surface area contributed by atoms with Gasteiger partial charge in [-0.15, -0.1) is 10.2 Å². The average Bonchev–Trinajstić information content (AvgIpc) is 3.11. The second kappa shape index (κ2) is 7.43. The predicted octanol–water partition coefficient (Wildman–Crippen LogP) is 3.24. The summed E-state index contributed by atoms with van der Waals surface area (Å²) in [5, 5.41) is 21.6. The van der Waals surface area contributed by atoms with Gasteiger partial charge in [0.2, 0.25) is 5.91 Å². The lowest BCUT2D eigenvalue weighted by atomic mass is 9.64. The summed E-state index contributed by atoms with van der Waals surface area (Å²) >= 11 is 6.09. The number of rotatable bonds is 6. The number of carbonyl (C=O) groups is 1. The third-order valence-corrected chi connectivity index (χ3v) is 6.36. The molecule has 0 atom stereocenters. The third kappa shape index (κ3) is 3.20. The lowest BCUT2D eigenvalue weighted by molar-refractivity contribution is -0.125. The summed E-state index contributed by atoms with van der Waals surface area (Å²) in [7, 11) is 0. The van der Waals surface area contributed by atoms with Gasteiger partial charge in [-0.1, -0.05) is 36.2 Å². The molecule has 0 saturated heterocycles. The molecule has 0 unspecified atom stereocenters. The third-order valence-electron chi connectivity index (χ3n) is 6.11. The maximum absolute atomic E-state index is 12.7. The molecule has 1 saturated carbocycles. The van der Waals surface area contributed by atoms with Crippen molar-refractivity contribution in [2.45, 2.75) is 43.9 Å². The Morgan fingerprint density at radius 3 is 2.59 bits per heavy atom. The smallest absolute Gasteiger partial charge is 0.230 e. The first-order chi connectivity index (χ1) is 13.9. The van der Waals surface area contributed by atoms with Crippen LogP contribution in [0, 0.1) is 0 Å². The number of hydrogen-bond acceptors (Lipinski definition) is 4. The quantitative estimate of drug-likeness (QED) is 0.651. The highest BCUT2D eigenvalue weighted by Crippen LogP contribution is 2.48. The Morgan fingerprint density at radius 1 is 1.24 bits per heavy atom. The van der Waals surface area contributed by atoms with Crippen LogP contribution in [0.2, 0.25) is 5.02 Å². The molecule has 1 amide bonds. The summed E-state index contributed by atoms with van der Waals surface area (Å²) in [6, 6.07) is 11.8. The zero-order valence-corrected chi connectivity index (χ0v) is 17.4. The van der Waals surface area contributed by atoms with E-state index >= 15 is 0 Å². The molecule has 0 radical (unpaired) electrons. The van der Waals surface area contributed by atoms with Gasteiger partial charge in [0.25, 0.3) is 0 Å². The van der Waals surface area contributed by atoms with Crippen LogP contribution in [0.4, 0.5) is 0 Å². The highest BCUT2D eigenvalue weighted by Gasteiger charge is 2.44. The highest BCUT2D eigenvalue weighted by molar-refractivity contribution is 6.30. The molecule has 3 aromatic rings. The van der Waals surface area contributed by atoms with E-state index in [1.165, 1.54) is 5.56 Å². The molecule has 152 valence electrons. The van der Waals surface area contributed by atoms with Gasteiger partial charge in [-0.3, -0.25) is 9.20 Å². The second-order valence-corrected chi connectivity index (χ2v) is 8.62. The van der Waals surface area contributed by atoms with Crippen LogP contribution in [0.5, 0.6) is 0 Å². The van der Waals surface area contributed by atoms with E-state index in [1.54, 1.807) is 0 Å². The summed E-state index contributed by atoms with van der Waals surface area (Å²) in [6.07, 6.45) is 5.10. The number of aliphatic hydroxyl groups excluding tert-OH is 1. The molecule has 2 heterocycles. The summed E-state index contributed by atoms with van der Waals surface area (Å²) in [5.74, 6) is 0.745. The Bertz CT molecular complexity index is 1040. The molecule has 0 aliphatic heterocycles. The Kier molecular flexibility index (Phi) is 5.09. The van der Waals surface area contributed by atoms with E-state index in [-0.39, 0.29) is 24.5 Å². The van der Waals surface area contributed by atoms with Crippen LogP contribution in [0.3, 0.4) is 0 Å². The first-order valence-corrected chi connectivity index (χ1v) is 10.3. The Morgan fingerprint density at radius 2 is 1.97 bits per heavy atom. The van der Waals surface area contributed by atoms with E-state index in [4.69, 9.17) is 16.7 Å². The molecule has 2 aromatic heterocycles. The molecule has 1 aliphatic rings. The fourth-order valence-electron chi connectivity index (χ4n) is 4.18. The minimum Gasteiger partial charge on any atom is -0.395 e. The van der Waals surface area contributed by atoms with Gasteiger partial charge in [0.05, 0.1) is 17.4 Å². The van der Waals surface area contributed by atoms with Crippen LogP contribution in [-0.4, -0.2) is 38.8 Å². The van der Waals surface area contributed by atoms with Gasteiger partial charge in [-0.2, -0.15) is 0 Å². The van der Waals surface area contributed by atoms with Crippen LogP contribution in [0.15, 0.2) is 42.6 Å². The number of hydrogen-bond donors (Lipinski definition) is 2. The standard InChI is InChI=1S/C22H25ClN4O2/c1-21(2,20(29)24-12-14-28)17-5-3-13-27-18(17)25-26-19(27)22(10-4-11-22)15-6-8-16(23)9-7-15/h3,5-9,13,28H,4,10-12,14H2,1-2H3,(H,24,29). The van der Waals surface area contributed by atoms with Crippen molar-refractivity contribution < 1.29 is 9.90 Å². The number of fused-ring (bicyclic) bond motifs is 1. The Hall–Kier alpha value is -2.44. The number of pyridine rings is 1. The average molecular weight is 413 g/mol. The number of amides is 1. The SMILES string of the molecule is CC(C)(C(=O)NCCO)c1cccn2c(C3(c4ccc(Cl)cc4)CCC3)nnc12. The van der Waals surface area contributed by atoms with Crippen molar-refractivity contribution in [1.29, 1.82) is 0 Å². The van der Waals surface area contributed by atoms with Crippen molar-refractivity contribution in [2.75, 3.05) is 13.2 Å². The fourth-order valence-corrected chi connectivity index (χ4v) is 4.31. The number of carbonyl (C=O) groups excluding carboxylic acids is 1. The lowest BCUT2D eigenvalue weighted by Crippen LogP contribution is -2.41. The van der Waals surface area contributed by atoms with Gasteiger partial charge in [-0.05, 0) is 50.5 Å². The zero-order chi connectivity index (χ0) is 20.6. The minimum atomic E-state index is -0.810. The highest BCUT2D eigenvalue weighted by atomic mass is 35.5. The maximum Gasteiger partial charge on any atom is 0.230 e. The molecule has 1 aliphatic carbocycles. The number of aliphatic hydroxyl groups is 1. The largest absolute Gasteiger partial charge is 0.395 e. The van der Waals surface area contributed by atoms with E-state index in [2.05, 4.69) is 27.6 Å². The van der Waals surface area contributed by atoms with Crippen LogP contribution in [0.25, 0.3) is 5.65 Å². The topological polar surface area (TPSA) is 79.5 Å². The summed E-state index contributed by atoms with van der Waals surface area (Å²) in [5.41, 5.74) is 1.68. The molecule has 2 N–H and O–H groups in total. The molecule has 7 heteroatoms. The summed E-state index contributed by atoms with van der Waals surface area (Å²) in [6.45, 7) is 3.86. The monoisotopic (exact) mass is 412 g/mol.